The monoisotopic (exact) mass is 504 g/mol. The van der Waals surface area contributed by atoms with Crippen LogP contribution < -0.4 is 10.9 Å². The van der Waals surface area contributed by atoms with Crippen LogP contribution in [0.2, 0.25) is 5.02 Å². The molecule has 5 aromatic rings. The van der Waals surface area contributed by atoms with Gasteiger partial charge in [0.2, 0.25) is 5.75 Å². The molecule has 11 heteroatoms. The molecule has 2 aromatic carbocycles. The normalized spacial score (nSPS) is 13.0. The number of para-hydroxylation sites is 2. The van der Waals surface area contributed by atoms with E-state index in [1.165, 1.54) is 24.1 Å². The quantitative estimate of drug-likeness (QED) is 0.356. The standard InChI is InChI=1S/C25H21ClN6O4/c1-14(23-30-20(22(33)25(35)31(23)2)24(34)29-15-11-28-36-12-15)21(16-7-3-4-8-17(16)26)32-13-27-18-9-5-6-10-19(18)32/h3-14,21,33H,1-2H3,(H,29,34)/t14-,21-/m1/s1. The molecule has 0 saturated carbocycles. The minimum atomic E-state index is -0.774. The number of amides is 1. The van der Waals surface area contributed by atoms with Gasteiger partial charge in [0.25, 0.3) is 11.5 Å². The van der Waals surface area contributed by atoms with E-state index in [4.69, 9.17) is 16.1 Å². The molecular formula is C25H21ClN6O4. The van der Waals surface area contributed by atoms with Gasteiger partial charge >= 0.3 is 0 Å². The number of carbonyl (C=O) groups is 1. The Kier molecular flexibility index (Phi) is 6.03. The lowest BCUT2D eigenvalue weighted by molar-refractivity contribution is 0.101. The second-order valence-electron chi connectivity index (χ2n) is 8.29. The number of anilines is 1. The van der Waals surface area contributed by atoms with Crippen LogP contribution in [0.25, 0.3) is 11.0 Å². The highest BCUT2D eigenvalue weighted by atomic mass is 35.5. The first-order valence-electron chi connectivity index (χ1n) is 11.0. The zero-order chi connectivity index (χ0) is 25.4. The summed E-state index contributed by atoms with van der Waals surface area (Å²) in [6, 6.07) is 14.6. The predicted octanol–water partition coefficient (Wildman–Crippen LogP) is 4.12. The van der Waals surface area contributed by atoms with Crippen molar-refractivity contribution in [2.24, 2.45) is 7.05 Å². The van der Waals surface area contributed by atoms with Crippen LogP contribution in [0.15, 0.2) is 76.6 Å². The van der Waals surface area contributed by atoms with Gasteiger partial charge in [0.05, 0.1) is 29.6 Å². The van der Waals surface area contributed by atoms with E-state index in [9.17, 15) is 14.7 Å². The van der Waals surface area contributed by atoms with Crippen LogP contribution in [0.3, 0.4) is 0 Å². The number of imidazole rings is 1. The van der Waals surface area contributed by atoms with Gasteiger partial charge in [-0.3, -0.25) is 14.2 Å². The van der Waals surface area contributed by atoms with Gasteiger partial charge in [0, 0.05) is 18.0 Å². The highest BCUT2D eigenvalue weighted by Gasteiger charge is 2.31. The summed E-state index contributed by atoms with van der Waals surface area (Å²) in [5.74, 6) is -1.74. The summed E-state index contributed by atoms with van der Waals surface area (Å²) in [7, 11) is 1.50. The van der Waals surface area contributed by atoms with Crippen LogP contribution in [0, 0.1) is 0 Å². The highest BCUT2D eigenvalue weighted by molar-refractivity contribution is 6.31. The summed E-state index contributed by atoms with van der Waals surface area (Å²) < 4.78 is 7.92. The number of benzene rings is 2. The fraction of sp³-hybridized carbons (Fsp3) is 0.160. The fourth-order valence-electron chi connectivity index (χ4n) is 4.35. The number of nitrogens with one attached hydrogen (secondary N) is 1. The Morgan fingerprint density at radius 3 is 2.67 bits per heavy atom. The lowest BCUT2D eigenvalue weighted by atomic mass is 9.92. The van der Waals surface area contributed by atoms with Gasteiger partial charge in [0.15, 0.2) is 5.69 Å². The molecule has 0 aliphatic rings. The van der Waals surface area contributed by atoms with E-state index < -0.39 is 34.9 Å². The number of hydrogen-bond donors (Lipinski definition) is 2. The van der Waals surface area contributed by atoms with Crippen LogP contribution in [0.5, 0.6) is 5.75 Å². The van der Waals surface area contributed by atoms with Crippen molar-refractivity contribution in [1.82, 2.24) is 24.3 Å². The van der Waals surface area contributed by atoms with Crippen LogP contribution >= 0.6 is 11.6 Å². The zero-order valence-corrected chi connectivity index (χ0v) is 20.0. The van der Waals surface area contributed by atoms with Crippen LogP contribution in [0.1, 0.15) is 40.8 Å². The second kappa shape index (κ2) is 9.31. The average molecular weight is 505 g/mol. The Balaban J connectivity index is 1.67. The van der Waals surface area contributed by atoms with Crippen molar-refractivity contribution in [3.8, 4) is 5.75 Å². The molecular weight excluding hydrogens is 484 g/mol. The Labute approximate surface area is 209 Å². The number of rotatable bonds is 6. The van der Waals surface area contributed by atoms with E-state index in [0.29, 0.717) is 5.02 Å². The third-order valence-electron chi connectivity index (χ3n) is 6.09. The molecule has 1 amide bonds. The summed E-state index contributed by atoms with van der Waals surface area (Å²) in [5.41, 5.74) is 1.54. The zero-order valence-electron chi connectivity index (χ0n) is 19.3. The maximum absolute atomic E-state index is 13.0. The van der Waals surface area contributed by atoms with Crippen molar-refractivity contribution >= 4 is 34.2 Å². The van der Waals surface area contributed by atoms with E-state index in [1.807, 2.05) is 54.0 Å². The molecule has 0 aliphatic carbocycles. The summed E-state index contributed by atoms with van der Waals surface area (Å²) >= 11 is 6.63. The maximum Gasteiger partial charge on any atom is 0.296 e. The van der Waals surface area contributed by atoms with Crippen molar-refractivity contribution < 1.29 is 14.4 Å². The van der Waals surface area contributed by atoms with Crippen LogP contribution in [-0.2, 0) is 7.05 Å². The maximum atomic E-state index is 13.0. The molecule has 0 bridgehead atoms. The minimum Gasteiger partial charge on any atom is -0.501 e. The molecule has 2 atom stereocenters. The first kappa shape index (κ1) is 23.3. The molecule has 0 fully saturated rings. The van der Waals surface area contributed by atoms with Crippen molar-refractivity contribution in [1.29, 1.82) is 0 Å². The molecule has 36 heavy (non-hydrogen) atoms. The highest BCUT2D eigenvalue weighted by Crippen LogP contribution is 2.38. The van der Waals surface area contributed by atoms with E-state index in [2.05, 4.69) is 20.4 Å². The average Bonchev–Trinajstić information content (AvgIpc) is 3.54. The SMILES string of the molecule is C[C@@H](c1nc(C(=O)Nc2cnoc2)c(O)c(=O)n1C)[C@H](c1ccccc1Cl)n1cnc2ccccc21. The lowest BCUT2D eigenvalue weighted by Gasteiger charge is -2.28. The number of nitrogens with zero attached hydrogens (tertiary/aromatic N) is 5. The van der Waals surface area contributed by atoms with Gasteiger partial charge in [0.1, 0.15) is 17.8 Å². The van der Waals surface area contributed by atoms with Crippen LogP contribution in [-0.4, -0.2) is 35.3 Å². The van der Waals surface area contributed by atoms with Gasteiger partial charge in [-0.15, -0.1) is 0 Å². The van der Waals surface area contributed by atoms with Gasteiger partial charge in [-0.1, -0.05) is 54.0 Å². The smallest absolute Gasteiger partial charge is 0.296 e. The number of fused-ring (bicyclic) bond motifs is 1. The van der Waals surface area contributed by atoms with Crippen LogP contribution in [0.4, 0.5) is 5.69 Å². The topological polar surface area (TPSA) is 128 Å². The first-order valence-corrected chi connectivity index (χ1v) is 11.4. The van der Waals surface area contributed by atoms with Gasteiger partial charge < -0.3 is 19.5 Å². The fourth-order valence-corrected chi connectivity index (χ4v) is 4.59. The number of hydrogen-bond acceptors (Lipinski definition) is 7. The number of halogens is 1. The Morgan fingerprint density at radius 2 is 1.92 bits per heavy atom. The molecule has 0 radical (unpaired) electrons. The largest absolute Gasteiger partial charge is 0.501 e. The van der Waals surface area contributed by atoms with E-state index in [1.54, 1.807) is 12.4 Å². The molecule has 0 unspecified atom stereocenters. The minimum absolute atomic E-state index is 0.260. The van der Waals surface area contributed by atoms with E-state index in [-0.39, 0.29) is 11.5 Å². The van der Waals surface area contributed by atoms with Gasteiger partial charge in [-0.05, 0) is 23.8 Å². The molecule has 0 aliphatic heterocycles. The Morgan fingerprint density at radius 1 is 1.17 bits per heavy atom. The molecule has 182 valence electrons. The summed E-state index contributed by atoms with van der Waals surface area (Å²) in [6.07, 6.45) is 4.22. The van der Waals surface area contributed by atoms with E-state index in [0.717, 1.165) is 16.6 Å². The first-order chi connectivity index (χ1) is 17.4. The van der Waals surface area contributed by atoms with Crippen molar-refractivity contribution in [2.75, 3.05) is 5.32 Å². The molecule has 0 saturated heterocycles. The second-order valence-corrected chi connectivity index (χ2v) is 8.70. The summed E-state index contributed by atoms with van der Waals surface area (Å²) in [4.78, 5) is 34.8. The lowest BCUT2D eigenvalue weighted by Crippen LogP contribution is -2.30. The van der Waals surface area contributed by atoms with Gasteiger partial charge in [-0.2, -0.15) is 0 Å². The van der Waals surface area contributed by atoms with Gasteiger partial charge in [-0.25, -0.2) is 9.97 Å². The molecule has 10 nitrogen and oxygen atoms in total. The molecule has 3 heterocycles. The third-order valence-corrected chi connectivity index (χ3v) is 6.44. The third kappa shape index (κ3) is 4.01. The molecule has 0 spiro atoms. The predicted molar refractivity (Wildman–Crippen MR) is 133 cm³/mol. The summed E-state index contributed by atoms with van der Waals surface area (Å²) in [6.45, 7) is 1.88. The van der Waals surface area contributed by atoms with Crippen molar-refractivity contribution in [3.05, 3.63) is 99.8 Å². The number of aromatic hydroxyl groups is 1. The van der Waals surface area contributed by atoms with E-state index >= 15 is 0 Å². The Bertz CT molecular complexity index is 1630. The molecule has 3 aromatic heterocycles. The number of carbonyl (C=O) groups excluding carboxylic acids is 1. The van der Waals surface area contributed by atoms with Crippen molar-refractivity contribution in [3.63, 3.8) is 0 Å². The summed E-state index contributed by atoms with van der Waals surface area (Å²) in [5, 5.41) is 17.0. The number of aromatic nitrogens is 5. The Hall–Kier alpha value is -4.44. The molecule has 5 rings (SSSR count). The van der Waals surface area contributed by atoms with Crippen molar-refractivity contribution in [2.45, 2.75) is 18.9 Å². The molecule has 2 N–H and O–H groups in total.